The van der Waals surface area contributed by atoms with Crippen molar-refractivity contribution in [3.8, 4) is 22.3 Å². The fourth-order valence-corrected chi connectivity index (χ4v) is 14.5. The van der Waals surface area contributed by atoms with Crippen LogP contribution < -0.4 is 9.80 Å². The molecule has 2 spiro atoms. The van der Waals surface area contributed by atoms with Crippen molar-refractivity contribution in [2.75, 3.05) is 9.80 Å². The highest BCUT2D eigenvalue weighted by Gasteiger charge is 2.52. The quantitative estimate of drug-likeness (QED) is 0.163. The molecule has 5 aliphatic carbocycles. The average Bonchev–Trinajstić information content (AvgIpc) is 4.09. The highest BCUT2D eigenvalue weighted by atomic mass is 15.2. The maximum absolute atomic E-state index is 2.76. The Kier molecular flexibility index (Phi) is 8.74. The summed E-state index contributed by atoms with van der Waals surface area (Å²) in [5, 5.41) is 5.37. The summed E-state index contributed by atoms with van der Waals surface area (Å²) in [6.07, 6.45) is 36.0. The normalized spacial score (nSPS) is 21.5. The molecule has 322 valence electrons. The molecule has 2 unspecified atom stereocenters. The molecule has 0 bridgehead atoms. The van der Waals surface area contributed by atoms with Gasteiger partial charge in [-0.15, -0.1) is 0 Å². The van der Waals surface area contributed by atoms with Crippen molar-refractivity contribution in [2.45, 2.75) is 93.9 Å². The Balaban J connectivity index is 0.984. The lowest BCUT2D eigenvalue weighted by Gasteiger charge is -2.53. The molecule has 2 atom stereocenters. The van der Waals surface area contributed by atoms with Crippen LogP contribution >= 0.6 is 0 Å². The van der Waals surface area contributed by atoms with Gasteiger partial charge in [0.15, 0.2) is 0 Å². The molecule has 0 amide bonds. The van der Waals surface area contributed by atoms with Crippen molar-refractivity contribution in [1.82, 2.24) is 0 Å². The van der Waals surface area contributed by atoms with E-state index in [9.17, 15) is 0 Å². The molecule has 0 aromatic heterocycles. The number of allylic oxidation sites excluding steroid dienone is 7. The van der Waals surface area contributed by atoms with Gasteiger partial charge in [-0.3, -0.25) is 0 Å². The minimum atomic E-state index is 0.0401. The lowest BCUT2D eigenvalue weighted by atomic mass is 9.61. The average molecular weight is 853 g/mol. The third-order valence-corrected chi connectivity index (χ3v) is 17.3. The number of hydrogen-bond donors (Lipinski definition) is 0. The van der Waals surface area contributed by atoms with Crippen LogP contribution in [0.2, 0.25) is 0 Å². The van der Waals surface area contributed by atoms with Gasteiger partial charge < -0.3 is 9.80 Å². The molecule has 66 heavy (non-hydrogen) atoms. The molecule has 0 radical (unpaired) electrons. The Morgan fingerprint density at radius 1 is 0.530 bits per heavy atom. The molecular weight excluding hydrogens is 797 g/mol. The molecule has 2 heterocycles. The first-order valence-corrected chi connectivity index (χ1v) is 25.1. The van der Waals surface area contributed by atoms with Crippen molar-refractivity contribution >= 4 is 50.4 Å². The summed E-state index contributed by atoms with van der Waals surface area (Å²) in [7, 11) is 0. The monoisotopic (exact) mass is 852 g/mol. The second-order valence-corrected chi connectivity index (χ2v) is 20.4. The first kappa shape index (κ1) is 38.6. The number of hydrogen-bond acceptors (Lipinski definition) is 2. The molecule has 2 aliphatic heterocycles. The van der Waals surface area contributed by atoms with Gasteiger partial charge in [-0.2, -0.15) is 0 Å². The van der Waals surface area contributed by atoms with Gasteiger partial charge >= 0.3 is 0 Å². The van der Waals surface area contributed by atoms with Gasteiger partial charge in [0.05, 0.1) is 17.4 Å². The fourth-order valence-electron chi connectivity index (χ4n) is 14.5. The minimum Gasteiger partial charge on any atom is -0.337 e. The number of nitrogens with zero attached hydrogens (tertiary/aromatic N) is 2. The van der Waals surface area contributed by atoms with E-state index in [1.165, 1.54) is 146 Å². The molecule has 7 aromatic rings. The Morgan fingerprint density at radius 2 is 1.23 bits per heavy atom. The number of anilines is 4. The third kappa shape index (κ3) is 5.54. The number of benzene rings is 7. The Hall–Kier alpha value is -6.64. The summed E-state index contributed by atoms with van der Waals surface area (Å²) >= 11 is 0. The largest absolute Gasteiger partial charge is 0.337 e. The summed E-state index contributed by atoms with van der Waals surface area (Å²) in [6.45, 7) is 0. The highest BCUT2D eigenvalue weighted by Crippen LogP contribution is 2.60. The molecule has 7 aromatic carbocycles. The zero-order valence-corrected chi connectivity index (χ0v) is 37.9. The first-order valence-electron chi connectivity index (χ1n) is 25.1. The molecule has 14 rings (SSSR count). The van der Waals surface area contributed by atoms with Crippen LogP contribution in [0.4, 0.5) is 22.7 Å². The number of para-hydroxylation sites is 2. The van der Waals surface area contributed by atoms with E-state index in [2.05, 4.69) is 192 Å². The van der Waals surface area contributed by atoms with Crippen LogP contribution in [0.5, 0.6) is 0 Å². The van der Waals surface area contributed by atoms with Crippen LogP contribution in [-0.4, -0.2) is 6.04 Å². The van der Waals surface area contributed by atoms with Gasteiger partial charge in [0, 0.05) is 33.8 Å². The van der Waals surface area contributed by atoms with Crippen LogP contribution in [0.25, 0.3) is 49.9 Å². The maximum atomic E-state index is 2.76. The molecule has 2 nitrogen and oxygen atoms in total. The van der Waals surface area contributed by atoms with Gasteiger partial charge in [0.25, 0.3) is 0 Å². The van der Waals surface area contributed by atoms with Gasteiger partial charge in [-0.25, -0.2) is 0 Å². The van der Waals surface area contributed by atoms with Gasteiger partial charge in [0.2, 0.25) is 0 Å². The second-order valence-electron chi connectivity index (χ2n) is 20.4. The van der Waals surface area contributed by atoms with Crippen molar-refractivity contribution in [2.24, 2.45) is 5.92 Å². The molecule has 0 saturated heterocycles. The fraction of sp³-hybridized carbons (Fsp3) is 0.250. The van der Waals surface area contributed by atoms with Gasteiger partial charge in [0.1, 0.15) is 0 Å². The lowest BCUT2D eigenvalue weighted by Crippen LogP contribution is -2.52. The standard InChI is InChI=1S/C64H56N2/c1-3-19-46(20-4-1)65-58-29-13-11-27-54(58)63(35-15-16-36-63)56-33-31-43(41-60(56)65)52-39-45-40-53(49-24-8-10-26-51(49)62(45)50-25-9-7-23-48(50)52)44-32-34-57-61(42-44)66(47-21-5-2-6-22-47)59-30-14-12-28-55(59)64(57)37-17-18-38-64/h1-5,7,9-14,19-21,23,25-34,39-42,55,59H,6,8,15-18,22,24,35-38H2. The molecular formula is C64H56N2. The van der Waals surface area contributed by atoms with E-state index in [0.717, 1.165) is 25.7 Å². The summed E-state index contributed by atoms with van der Waals surface area (Å²) in [4.78, 5) is 5.31. The van der Waals surface area contributed by atoms with E-state index in [-0.39, 0.29) is 10.8 Å². The van der Waals surface area contributed by atoms with E-state index in [1.54, 1.807) is 5.56 Å². The zero-order valence-electron chi connectivity index (χ0n) is 37.9. The van der Waals surface area contributed by atoms with E-state index >= 15 is 0 Å². The van der Waals surface area contributed by atoms with Crippen LogP contribution in [0.1, 0.15) is 98.4 Å². The van der Waals surface area contributed by atoms with Crippen LogP contribution in [-0.2, 0) is 17.3 Å². The maximum Gasteiger partial charge on any atom is 0.0593 e. The number of fused-ring (bicyclic) bond motifs is 13. The van der Waals surface area contributed by atoms with Crippen LogP contribution in [0.15, 0.2) is 182 Å². The molecule has 2 saturated carbocycles. The highest BCUT2D eigenvalue weighted by molar-refractivity contribution is 6.18. The van der Waals surface area contributed by atoms with Crippen molar-refractivity contribution in [3.63, 3.8) is 0 Å². The van der Waals surface area contributed by atoms with E-state index in [0.29, 0.717) is 12.0 Å². The van der Waals surface area contributed by atoms with Crippen molar-refractivity contribution in [1.29, 1.82) is 0 Å². The minimum absolute atomic E-state index is 0.0401. The summed E-state index contributed by atoms with van der Waals surface area (Å²) in [5.74, 6) is 0.488. The lowest BCUT2D eigenvalue weighted by molar-refractivity contribution is 0.280. The number of rotatable bonds is 4. The molecule has 2 fully saturated rings. The van der Waals surface area contributed by atoms with Crippen LogP contribution in [0.3, 0.4) is 0 Å². The molecule has 2 heteroatoms. The first-order chi connectivity index (χ1) is 32.7. The topological polar surface area (TPSA) is 6.48 Å². The van der Waals surface area contributed by atoms with Crippen molar-refractivity contribution < 1.29 is 0 Å². The summed E-state index contributed by atoms with van der Waals surface area (Å²) in [5.41, 5.74) is 19.7. The summed E-state index contributed by atoms with van der Waals surface area (Å²) < 4.78 is 0. The smallest absolute Gasteiger partial charge is 0.0593 e. The van der Waals surface area contributed by atoms with E-state index in [4.69, 9.17) is 0 Å². The Morgan fingerprint density at radius 3 is 2.08 bits per heavy atom. The molecule has 7 aliphatic rings. The summed E-state index contributed by atoms with van der Waals surface area (Å²) in [6, 6.07) is 50.2. The van der Waals surface area contributed by atoms with Crippen LogP contribution in [0, 0.1) is 5.92 Å². The van der Waals surface area contributed by atoms with Gasteiger partial charge in [-0.1, -0.05) is 159 Å². The van der Waals surface area contributed by atoms with E-state index in [1.807, 2.05) is 0 Å². The van der Waals surface area contributed by atoms with Crippen molar-refractivity contribution in [3.05, 3.63) is 210 Å². The Labute approximate surface area is 390 Å². The Bertz CT molecular complexity index is 3290. The predicted molar refractivity (Wildman–Crippen MR) is 278 cm³/mol. The molecule has 0 N–H and O–H groups in total. The predicted octanol–water partition coefficient (Wildman–Crippen LogP) is 16.9. The SMILES string of the molecule is C1=CCCC(N2c3cc(-c4cc5cc(-c6ccc7c(c6)N(c6ccccc6)c6ccccc6C76CCCC6)c6ccccc6c5c5c4CCC=C5)ccc3C3(CCCC3)C3C=CC=CC32)=C1. The van der Waals surface area contributed by atoms with Gasteiger partial charge in [-0.05, 0) is 172 Å². The van der Waals surface area contributed by atoms with E-state index < -0.39 is 0 Å². The second kappa shape index (κ2) is 14.9. The zero-order chi connectivity index (χ0) is 43.4. The third-order valence-electron chi connectivity index (χ3n) is 17.3.